The molecular formula is C21H27BrF3N3O2. The van der Waals surface area contributed by atoms with E-state index < -0.39 is 11.7 Å². The van der Waals surface area contributed by atoms with Crippen LogP contribution in [0.3, 0.4) is 0 Å². The molecule has 1 heterocycles. The van der Waals surface area contributed by atoms with Crippen molar-refractivity contribution in [1.29, 1.82) is 0 Å². The number of nitrogens with one attached hydrogen (secondary N) is 1. The van der Waals surface area contributed by atoms with Crippen molar-refractivity contribution >= 4 is 33.4 Å². The minimum Gasteiger partial charge on any atom is -0.342 e. The largest absolute Gasteiger partial charge is 0.417 e. The summed E-state index contributed by atoms with van der Waals surface area (Å²) < 4.78 is 39.0. The maximum absolute atomic E-state index is 13.0. The van der Waals surface area contributed by atoms with Crippen molar-refractivity contribution in [3.05, 3.63) is 28.2 Å². The van der Waals surface area contributed by atoms with E-state index >= 15 is 0 Å². The monoisotopic (exact) mass is 489 g/mol. The molecule has 1 aliphatic heterocycles. The standard InChI is InChI=1S/C21H27BrF3N3O2/c22-17-6-5-14(12-16(17)21(23,24)25)27-19(29)11-13-7-9-28(10-8-13)20(30)15-3-1-2-4-18(15)26/h5-6,12-13,15,18H,1-4,7-11,26H2,(H,27,29). The maximum atomic E-state index is 13.0. The number of hydrogen-bond donors (Lipinski definition) is 2. The van der Waals surface area contributed by atoms with Gasteiger partial charge in [0, 0.05) is 35.7 Å². The molecule has 1 aromatic rings. The van der Waals surface area contributed by atoms with E-state index in [2.05, 4.69) is 21.2 Å². The van der Waals surface area contributed by atoms with Crippen LogP contribution in [0.25, 0.3) is 0 Å². The number of anilines is 1. The van der Waals surface area contributed by atoms with Crippen LogP contribution in [0.1, 0.15) is 50.5 Å². The summed E-state index contributed by atoms with van der Waals surface area (Å²) in [4.78, 5) is 26.9. The molecule has 9 heteroatoms. The predicted molar refractivity (Wildman–Crippen MR) is 112 cm³/mol. The van der Waals surface area contributed by atoms with E-state index in [4.69, 9.17) is 5.73 Å². The molecule has 2 amide bonds. The number of hydrogen-bond acceptors (Lipinski definition) is 3. The summed E-state index contributed by atoms with van der Waals surface area (Å²) in [5.41, 5.74) is 5.42. The van der Waals surface area contributed by atoms with E-state index in [9.17, 15) is 22.8 Å². The van der Waals surface area contributed by atoms with Crippen LogP contribution in [0.4, 0.5) is 18.9 Å². The van der Waals surface area contributed by atoms with Gasteiger partial charge in [0.2, 0.25) is 11.8 Å². The van der Waals surface area contributed by atoms with E-state index in [1.165, 1.54) is 12.1 Å². The molecule has 3 N–H and O–H groups in total. The van der Waals surface area contributed by atoms with Crippen molar-refractivity contribution in [3.8, 4) is 0 Å². The van der Waals surface area contributed by atoms with Crippen molar-refractivity contribution in [3.63, 3.8) is 0 Å². The van der Waals surface area contributed by atoms with Crippen molar-refractivity contribution in [2.75, 3.05) is 18.4 Å². The van der Waals surface area contributed by atoms with Crippen molar-refractivity contribution in [2.45, 2.75) is 57.2 Å². The van der Waals surface area contributed by atoms with Crippen LogP contribution in [0, 0.1) is 11.8 Å². The zero-order chi connectivity index (χ0) is 21.9. The molecule has 0 bridgehead atoms. The number of piperidine rings is 1. The summed E-state index contributed by atoms with van der Waals surface area (Å²) in [5, 5.41) is 2.56. The normalized spacial score (nSPS) is 23.3. The van der Waals surface area contributed by atoms with Crippen LogP contribution in [-0.2, 0) is 15.8 Å². The number of nitrogens with zero attached hydrogens (tertiary/aromatic N) is 1. The summed E-state index contributed by atoms with van der Waals surface area (Å²) in [7, 11) is 0. The number of carbonyl (C=O) groups excluding carboxylic acids is 2. The van der Waals surface area contributed by atoms with Gasteiger partial charge in [-0.05, 0) is 49.8 Å². The highest BCUT2D eigenvalue weighted by Crippen LogP contribution is 2.36. The first-order valence-electron chi connectivity index (χ1n) is 10.4. The molecule has 0 aromatic heterocycles. The smallest absolute Gasteiger partial charge is 0.342 e. The second kappa shape index (κ2) is 9.68. The summed E-state index contributed by atoms with van der Waals surface area (Å²) in [6.45, 7) is 1.19. The molecular weight excluding hydrogens is 463 g/mol. The molecule has 2 unspecified atom stereocenters. The van der Waals surface area contributed by atoms with E-state index in [0.717, 1.165) is 31.7 Å². The van der Waals surface area contributed by atoms with Gasteiger partial charge in [-0.15, -0.1) is 0 Å². The Morgan fingerprint density at radius 2 is 1.80 bits per heavy atom. The van der Waals surface area contributed by atoms with Crippen LogP contribution < -0.4 is 11.1 Å². The summed E-state index contributed by atoms with van der Waals surface area (Å²) in [5.74, 6) is -0.186. The van der Waals surface area contributed by atoms with Gasteiger partial charge in [-0.25, -0.2) is 0 Å². The van der Waals surface area contributed by atoms with Gasteiger partial charge in [0.25, 0.3) is 0 Å². The van der Waals surface area contributed by atoms with Gasteiger partial charge in [0.15, 0.2) is 0 Å². The topological polar surface area (TPSA) is 75.4 Å². The Labute approximate surface area is 182 Å². The minimum atomic E-state index is -4.50. The first-order chi connectivity index (χ1) is 14.1. The lowest BCUT2D eigenvalue weighted by molar-refractivity contribution is -0.139. The first kappa shape index (κ1) is 23.1. The Kier molecular flexibility index (Phi) is 7.44. The number of benzene rings is 1. The summed E-state index contributed by atoms with van der Waals surface area (Å²) in [6, 6.07) is 3.57. The molecule has 5 nitrogen and oxygen atoms in total. The Hall–Kier alpha value is -1.61. The van der Waals surface area contributed by atoms with Crippen LogP contribution >= 0.6 is 15.9 Å². The second-order valence-corrected chi connectivity index (χ2v) is 9.12. The molecule has 1 saturated heterocycles. The fourth-order valence-electron chi connectivity index (χ4n) is 4.35. The minimum absolute atomic E-state index is 0.0669. The van der Waals surface area contributed by atoms with Crippen molar-refractivity contribution < 1.29 is 22.8 Å². The molecule has 2 fully saturated rings. The zero-order valence-corrected chi connectivity index (χ0v) is 18.3. The predicted octanol–water partition coefficient (Wildman–Crippen LogP) is 4.55. The molecule has 30 heavy (non-hydrogen) atoms. The van der Waals surface area contributed by atoms with Crippen LogP contribution in [0.15, 0.2) is 22.7 Å². The number of alkyl halides is 3. The highest BCUT2D eigenvalue weighted by atomic mass is 79.9. The Morgan fingerprint density at radius 3 is 2.43 bits per heavy atom. The van der Waals surface area contributed by atoms with E-state index in [-0.39, 0.29) is 46.3 Å². The lowest BCUT2D eigenvalue weighted by atomic mass is 9.83. The fraction of sp³-hybridized carbons (Fsp3) is 0.619. The average Bonchev–Trinajstić information content (AvgIpc) is 2.69. The number of rotatable bonds is 4. The molecule has 0 radical (unpaired) electrons. The molecule has 166 valence electrons. The summed E-state index contributed by atoms with van der Waals surface area (Å²) >= 11 is 2.89. The number of nitrogens with two attached hydrogens (primary N) is 1. The van der Waals surface area contributed by atoms with Crippen molar-refractivity contribution in [1.82, 2.24) is 4.90 Å². The number of carbonyl (C=O) groups is 2. The van der Waals surface area contributed by atoms with Gasteiger partial charge in [0.1, 0.15) is 0 Å². The average molecular weight is 490 g/mol. The molecule has 0 spiro atoms. The van der Waals surface area contributed by atoms with Crippen LogP contribution in [-0.4, -0.2) is 35.8 Å². The third-order valence-corrected chi connectivity index (χ3v) is 6.78. The third kappa shape index (κ3) is 5.75. The highest BCUT2D eigenvalue weighted by Gasteiger charge is 2.34. The van der Waals surface area contributed by atoms with Gasteiger partial charge in [-0.1, -0.05) is 28.8 Å². The molecule has 2 aliphatic rings. The van der Waals surface area contributed by atoms with Gasteiger partial charge in [-0.3, -0.25) is 9.59 Å². The van der Waals surface area contributed by atoms with E-state index in [1.807, 2.05) is 4.90 Å². The lowest BCUT2D eigenvalue weighted by Crippen LogP contribution is -2.48. The SMILES string of the molecule is NC1CCCCC1C(=O)N1CCC(CC(=O)Nc2ccc(Br)c(C(F)(F)F)c2)CC1. The van der Waals surface area contributed by atoms with Crippen molar-refractivity contribution in [2.24, 2.45) is 17.6 Å². The Bertz CT molecular complexity index is 779. The number of likely N-dealkylation sites (tertiary alicyclic amines) is 1. The lowest BCUT2D eigenvalue weighted by Gasteiger charge is -2.37. The highest BCUT2D eigenvalue weighted by molar-refractivity contribution is 9.10. The second-order valence-electron chi connectivity index (χ2n) is 8.27. The fourth-order valence-corrected chi connectivity index (χ4v) is 4.82. The van der Waals surface area contributed by atoms with Crippen LogP contribution in [0.5, 0.6) is 0 Å². The molecule has 1 saturated carbocycles. The Morgan fingerprint density at radius 1 is 1.13 bits per heavy atom. The molecule has 1 aliphatic carbocycles. The first-order valence-corrected chi connectivity index (χ1v) is 11.2. The van der Waals surface area contributed by atoms with Gasteiger partial charge < -0.3 is 16.0 Å². The Balaban J connectivity index is 1.49. The quantitative estimate of drug-likeness (QED) is 0.651. The third-order valence-electron chi connectivity index (χ3n) is 6.09. The summed E-state index contributed by atoms with van der Waals surface area (Å²) in [6.07, 6.45) is 0.971. The molecule has 2 atom stereocenters. The molecule has 3 rings (SSSR count). The zero-order valence-electron chi connectivity index (χ0n) is 16.7. The number of halogens is 4. The van der Waals surface area contributed by atoms with Crippen LogP contribution in [0.2, 0.25) is 0 Å². The van der Waals surface area contributed by atoms with Gasteiger partial charge in [-0.2, -0.15) is 13.2 Å². The van der Waals surface area contributed by atoms with Gasteiger partial charge in [0.05, 0.1) is 11.5 Å². The van der Waals surface area contributed by atoms with E-state index in [0.29, 0.717) is 25.9 Å². The van der Waals surface area contributed by atoms with Gasteiger partial charge >= 0.3 is 6.18 Å². The number of amides is 2. The molecule has 1 aromatic carbocycles. The maximum Gasteiger partial charge on any atom is 0.417 e. The van der Waals surface area contributed by atoms with E-state index in [1.54, 1.807) is 0 Å².